The summed E-state index contributed by atoms with van der Waals surface area (Å²) in [5.74, 6) is 0. The molecule has 138 valence electrons. The second-order valence-electron chi connectivity index (χ2n) is 6.43. The molecule has 1 aromatic rings. The molecular formula is C17H26IO5S-. The molecule has 0 aromatic heterocycles. The molecule has 0 N–H and O–H groups in total. The number of halogens is 1. The van der Waals surface area contributed by atoms with Gasteiger partial charge in [0.25, 0.3) is 0 Å². The van der Waals surface area contributed by atoms with E-state index in [9.17, 15) is 13.0 Å². The predicted octanol–water partition coefficient (Wildman–Crippen LogP) is 4.01. The maximum Gasteiger partial charge on any atom is 0.217 e. The molecule has 1 aliphatic heterocycles. The number of rotatable bonds is 5. The Bertz CT molecular complexity index is 578. The van der Waals surface area contributed by atoms with Crippen molar-refractivity contribution in [3.8, 4) is 0 Å². The molecule has 1 heterocycles. The molecule has 1 aromatic carbocycles. The quantitative estimate of drug-likeness (QED) is 0.370. The van der Waals surface area contributed by atoms with Gasteiger partial charge in [-0.3, -0.25) is 4.18 Å². The normalized spacial score (nSPS) is 18.6. The maximum absolute atomic E-state index is 10.0. The summed E-state index contributed by atoms with van der Waals surface area (Å²) in [7, 11) is -4.55. The van der Waals surface area contributed by atoms with E-state index in [0.717, 1.165) is 19.3 Å². The lowest BCUT2D eigenvalue weighted by molar-refractivity contribution is -0.0121. The molecular weight excluding hydrogens is 443 g/mol. The third kappa shape index (κ3) is 8.75. The van der Waals surface area contributed by atoms with E-state index in [2.05, 4.69) is 71.8 Å². The third-order valence-electron chi connectivity index (χ3n) is 4.18. The van der Waals surface area contributed by atoms with Crippen LogP contribution < -0.4 is 0 Å². The molecule has 7 heteroatoms. The van der Waals surface area contributed by atoms with Gasteiger partial charge in [-0.15, -0.1) is 0 Å². The van der Waals surface area contributed by atoms with Crippen LogP contribution in [0, 0.1) is 3.57 Å². The van der Waals surface area contributed by atoms with Crippen molar-refractivity contribution in [1.82, 2.24) is 0 Å². The van der Waals surface area contributed by atoms with E-state index < -0.39 is 10.4 Å². The summed E-state index contributed by atoms with van der Waals surface area (Å²) in [6.07, 6.45) is 3.69. The van der Waals surface area contributed by atoms with Crippen molar-refractivity contribution in [2.45, 2.75) is 58.0 Å². The fraction of sp³-hybridized carbons (Fsp3) is 0.647. The van der Waals surface area contributed by atoms with Gasteiger partial charge in [0, 0.05) is 10.2 Å². The van der Waals surface area contributed by atoms with Crippen molar-refractivity contribution in [2.24, 2.45) is 0 Å². The Morgan fingerprint density at radius 1 is 1.29 bits per heavy atom. The molecule has 2 rings (SSSR count). The average Bonchev–Trinajstić information content (AvgIpc) is 2.54. The zero-order valence-corrected chi connectivity index (χ0v) is 17.4. The van der Waals surface area contributed by atoms with Crippen molar-refractivity contribution in [1.29, 1.82) is 0 Å². The lowest BCUT2D eigenvalue weighted by atomic mass is 9.82. The highest BCUT2D eigenvalue weighted by Crippen LogP contribution is 2.26. The Hall–Kier alpha value is -0.220. The first-order valence-electron chi connectivity index (χ1n) is 8.12. The molecule has 1 unspecified atom stereocenters. The highest BCUT2D eigenvalue weighted by Gasteiger charge is 2.17. The smallest absolute Gasteiger partial charge is 0.217 e. The summed E-state index contributed by atoms with van der Waals surface area (Å²) in [4.78, 5) is 0. The molecule has 1 aliphatic rings. The summed E-state index contributed by atoms with van der Waals surface area (Å²) in [5.41, 5.74) is 1.76. The molecule has 24 heavy (non-hydrogen) atoms. The maximum atomic E-state index is 10.0. The first-order valence-corrected chi connectivity index (χ1v) is 10.5. The van der Waals surface area contributed by atoms with Gasteiger partial charge in [-0.2, -0.15) is 0 Å². The highest BCUT2D eigenvalue weighted by atomic mass is 127. The standard InChI is InChI=1S/C11H15I.C6H12O5S/c1-4-11(2,3)9-5-7-10(12)8-6-9;7-12(8,9)11-5-6-3-1-2-4-10-6/h5-8H,4H2,1-3H3;6H,1-5H2,(H,7,8,9)/p-1. The second kappa shape index (κ2) is 10.1. The van der Waals surface area contributed by atoms with E-state index in [1.54, 1.807) is 0 Å². The van der Waals surface area contributed by atoms with Gasteiger partial charge in [0.15, 0.2) is 0 Å². The van der Waals surface area contributed by atoms with Gasteiger partial charge < -0.3 is 9.29 Å². The molecule has 0 saturated carbocycles. The van der Waals surface area contributed by atoms with Gasteiger partial charge >= 0.3 is 0 Å². The molecule has 1 saturated heterocycles. The van der Waals surface area contributed by atoms with Crippen LogP contribution in [-0.4, -0.2) is 32.3 Å². The Kier molecular flexibility index (Phi) is 9.14. The van der Waals surface area contributed by atoms with E-state index in [0.29, 0.717) is 12.0 Å². The van der Waals surface area contributed by atoms with Crippen LogP contribution in [0.25, 0.3) is 0 Å². The van der Waals surface area contributed by atoms with E-state index >= 15 is 0 Å². The van der Waals surface area contributed by atoms with Crippen LogP contribution in [0.1, 0.15) is 52.0 Å². The second-order valence-corrected chi connectivity index (χ2v) is 8.72. The molecule has 0 aliphatic carbocycles. The molecule has 0 spiro atoms. The Morgan fingerprint density at radius 3 is 2.38 bits per heavy atom. The van der Waals surface area contributed by atoms with Crippen LogP contribution >= 0.6 is 22.6 Å². The first-order chi connectivity index (χ1) is 11.1. The van der Waals surface area contributed by atoms with E-state index in [1.807, 2.05) is 0 Å². The first kappa shape index (κ1) is 21.8. The zero-order valence-electron chi connectivity index (χ0n) is 14.5. The molecule has 1 fully saturated rings. The van der Waals surface area contributed by atoms with Gasteiger partial charge in [0.1, 0.15) is 0 Å². The zero-order chi connectivity index (χ0) is 18.2. The van der Waals surface area contributed by atoms with Gasteiger partial charge in [-0.1, -0.05) is 32.9 Å². The van der Waals surface area contributed by atoms with E-state index in [-0.39, 0.29) is 12.7 Å². The summed E-state index contributed by atoms with van der Waals surface area (Å²) in [5, 5.41) is 0. The molecule has 0 amide bonds. The Labute approximate surface area is 159 Å². The minimum absolute atomic E-state index is 0.147. The van der Waals surface area contributed by atoms with Crippen LogP contribution in [0.3, 0.4) is 0 Å². The Balaban J connectivity index is 0.000000240. The summed E-state index contributed by atoms with van der Waals surface area (Å²) >= 11 is 2.34. The van der Waals surface area contributed by atoms with Crippen molar-refractivity contribution in [2.75, 3.05) is 13.2 Å². The van der Waals surface area contributed by atoms with Crippen LogP contribution in [0.2, 0.25) is 0 Å². The van der Waals surface area contributed by atoms with Crippen LogP contribution in [0.15, 0.2) is 24.3 Å². The topological polar surface area (TPSA) is 75.7 Å². The van der Waals surface area contributed by atoms with Gasteiger partial charge in [0.05, 0.1) is 12.7 Å². The number of hydrogen-bond acceptors (Lipinski definition) is 5. The fourth-order valence-electron chi connectivity index (χ4n) is 2.20. The van der Waals surface area contributed by atoms with E-state index in [4.69, 9.17) is 4.74 Å². The largest absolute Gasteiger partial charge is 0.726 e. The van der Waals surface area contributed by atoms with E-state index in [1.165, 1.54) is 15.6 Å². The summed E-state index contributed by atoms with van der Waals surface area (Å²) in [6.45, 7) is 7.28. The average molecular weight is 469 g/mol. The number of hydrogen-bond donors (Lipinski definition) is 0. The lowest BCUT2D eigenvalue weighted by Gasteiger charge is -2.23. The molecule has 0 radical (unpaired) electrons. The summed E-state index contributed by atoms with van der Waals surface area (Å²) in [6, 6.07) is 8.80. The Morgan fingerprint density at radius 2 is 1.92 bits per heavy atom. The fourth-order valence-corrected chi connectivity index (χ4v) is 2.88. The van der Waals surface area contributed by atoms with Gasteiger partial charge in [-0.05, 0) is 71.4 Å². The SMILES string of the molecule is CCC(C)(C)c1ccc(I)cc1.O=S(=O)([O-])OCC1CCCCO1. The number of ether oxygens (including phenoxy) is 1. The molecule has 1 atom stereocenters. The van der Waals surface area contributed by atoms with Crippen LogP contribution in [-0.2, 0) is 24.7 Å². The van der Waals surface area contributed by atoms with Crippen molar-refractivity contribution in [3.63, 3.8) is 0 Å². The van der Waals surface area contributed by atoms with Crippen molar-refractivity contribution >= 4 is 33.0 Å². The lowest BCUT2D eigenvalue weighted by Crippen LogP contribution is -2.25. The van der Waals surface area contributed by atoms with Gasteiger partial charge in [0.2, 0.25) is 10.4 Å². The monoisotopic (exact) mass is 469 g/mol. The minimum atomic E-state index is -4.55. The van der Waals surface area contributed by atoms with Gasteiger partial charge in [-0.25, -0.2) is 8.42 Å². The number of benzene rings is 1. The molecule has 0 bridgehead atoms. The third-order valence-corrected chi connectivity index (χ3v) is 5.33. The van der Waals surface area contributed by atoms with Crippen LogP contribution in [0.5, 0.6) is 0 Å². The predicted molar refractivity (Wildman–Crippen MR) is 102 cm³/mol. The van der Waals surface area contributed by atoms with Crippen molar-refractivity contribution < 1.29 is 21.9 Å². The molecule has 5 nitrogen and oxygen atoms in total. The minimum Gasteiger partial charge on any atom is -0.726 e. The summed E-state index contributed by atoms with van der Waals surface area (Å²) < 4.78 is 40.6. The van der Waals surface area contributed by atoms with Crippen molar-refractivity contribution in [3.05, 3.63) is 33.4 Å². The highest BCUT2D eigenvalue weighted by molar-refractivity contribution is 14.1. The van der Waals surface area contributed by atoms with Crippen LogP contribution in [0.4, 0.5) is 0 Å².